The van der Waals surface area contributed by atoms with Gasteiger partial charge in [0.1, 0.15) is 22.9 Å². The third-order valence-electron chi connectivity index (χ3n) is 2.63. The molecule has 2 aromatic rings. The number of esters is 1. The fourth-order valence-corrected chi connectivity index (χ4v) is 1.72. The minimum absolute atomic E-state index is 0.0151. The molecule has 1 heterocycles. The molecule has 1 aromatic heterocycles. The number of nitrogens with zero attached hydrogens (tertiary/aromatic N) is 2. The molecule has 3 N–H and O–H groups in total. The first-order chi connectivity index (χ1) is 9.10. The molecule has 0 radical (unpaired) electrons. The predicted molar refractivity (Wildman–Crippen MR) is 68.8 cm³/mol. The lowest BCUT2D eigenvalue weighted by Crippen LogP contribution is -2.08. The number of para-hydroxylation sites is 1. The molecule has 0 bridgehead atoms. The van der Waals surface area contributed by atoms with E-state index in [0.717, 1.165) is 4.68 Å². The number of benzene rings is 1. The van der Waals surface area contributed by atoms with Crippen LogP contribution in [0.1, 0.15) is 10.4 Å². The van der Waals surface area contributed by atoms with Crippen LogP contribution in [0.25, 0.3) is 5.69 Å². The summed E-state index contributed by atoms with van der Waals surface area (Å²) in [5, 5.41) is 6.79. The molecule has 0 amide bonds. The molecule has 0 unspecified atom stereocenters. The number of aromatic nitrogens is 2. The number of rotatable bonds is 3. The van der Waals surface area contributed by atoms with Gasteiger partial charge < -0.3 is 15.8 Å². The molecule has 0 aliphatic carbocycles. The molecule has 0 atom stereocenters. The topological polar surface area (TPSA) is 82.2 Å². The normalized spacial score (nSPS) is 10.3. The van der Waals surface area contributed by atoms with Crippen LogP contribution in [0.2, 0.25) is 0 Å². The number of nitrogen functional groups attached to an aromatic ring is 1. The van der Waals surface area contributed by atoms with Crippen LogP contribution in [0.5, 0.6) is 0 Å². The van der Waals surface area contributed by atoms with Gasteiger partial charge in [-0.3, -0.25) is 0 Å². The van der Waals surface area contributed by atoms with Gasteiger partial charge in [0, 0.05) is 7.05 Å². The van der Waals surface area contributed by atoms with Crippen molar-refractivity contribution in [2.75, 3.05) is 25.2 Å². The summed E-state index contributed by atoms with van der Waals surface area (Å²) in [5.41, 5.74) is 6.09. The van der Waals surface area contributed by atoms with Crippen molar-refractivity contribution in [2.45, 2.75) is 0 Å². The fourth-order valence-electron chi connectivity index (χ4n) is 1.72. The number of hydrogen-bond acceptors (Lipinski definition) is 5. The average molecular weight is 264 g/mol. The van der Waals surface area contributed by atoms with Gasteiger partial charge in [0.2, 0.25) is 0 Å². The van der Waals surface area contributed by atoms with Gasteiger partial charge >= 0.3 is 5.97 Å². The molecule has 1 aromatic carbocycles. The van der Waals surface area contributed by atoms with Crippen molar-refractivity contribution in [3.63, 3.8) is 0 Å². The number of hydrogen-bond donors (Lipinski definition) is 2. The Morgan fingerprint density at radius 1 is 1.47 bits per heavy atom. The second kappa shape index (κ2) is 4.97. The molecular formula is C12H13FN4O2. The Kier molecular flexibility index (Phi) is 3.37. The van der Waals surface area contributed by atoms with Gasteiger partial charge in [-0.25, -0.2) is 13.9 Å². The Balaban J connectivity index is 2.64. The monoisotopic (exact) mass is 264 g/mol. The predicted octanol–water partition coefficient (Wildman–Crippen LogP) is 1.42. The molecule has 19 heavy (non-hydrogen) atoms. The van der Waals surface area contributed by atoms with E-state index in [1.807, 2.05) is 0 Å². The third kappa shape index (κ3) is 2.10. The van der Waals surface area contributed by atoms with Gasteiger partial charge in [0.15, 0.2) is 5.82 Å². The van der Waals surface area contributed by atoms with Gasteiger partial charge in [0.05, 0.1) is 7.11 Å². The molecule has 0 fully saturated rings. The number of nitrogens with one attached hydrogen (secondary N) is 1. The van der Waals surface area contributed by atoms with Crippen molar-refractivity contribution in [1.82, 2.24) is 9.78 Å². The summed E-state index contributed by atoms with van der Waals surface area (Å²) in [6, 6.07) is 6.00. The minimum atomic E-state index is -0.635. The van der Waals surface area contributed by atoms with Gasteiger partial charge in [-0.15, -0.1) is 5.10 Å². The molecule has 0 saturated heterocycles. The van der Waals surface area contributed by atoms with E-state index >= 15 is 0 Å². The summed E-state index contributed by atoms with van der Waals surface area (Å²) in [4.78, 5) is 11.7. The zero-order chi connectivity index (χ0) is 14.0. The van der Waals surface area contributed by atoms with Crippen LogP contribution in [0, 0.1) is 5.82 Å². The SMILES string of the molecule is CNc1nn(-c2ccccc2F)c(N)c1C(=O)OC. The van der Waals surface area contributed by atoms with Gasteiger partial charge in [-0.05, 0) is 12.1 Å². The molecule has 0 saturated carbocycles. The van der Waals surface area contributed by atoms with Crippen LogP contribution < -0.4 is 11.1 Å². The van der Waals surface area contributed by atoms with Crippen LogP contribution >= 0.6 is 0 Å². The zero-order valence-corrected chi connectivity index (χ0v) is 10.5. The fraction of sp³-hybridized carbons (Fsp3) is 0.167. The number of methoxy groups -OCH3 is 1. The Hall–Kier alpha value is -2.57. The van der Waals surface area contributed by atoms with Gasteiger partial charge in [-0.1, -0.05) is 12.1 Å². The number of halogens is 1. The molecule has 0 spiro atoms. The van der Waals surface area contributed by atoms with Crippen molar-refractivity contribution in [2.24, 2.45) is 0 Å². The highest BCUT2D eigenvalue weighted by atomic mass is 19.1. The molecule has 0 aliphatic heterocycles. The van der Waals surface area contributed by atoms with Crippen molar-refractivity contribution >= 4 is 17.6 Å². The Morgan fingerprint density at radius 2 is 2.16 bits per heavy atom. The Morgan fingerprint density at radius 3 is 2.74 bits per heavy atom. The largest absolute Gasteiger partial charge is 0.465 e. The maximum Gasteiger partial charge on any atom is 0.345 e. The smallest absolute Gasteiger partial charge is 0.345 e. The van der Waals surface area contributed by atoms with Gasteiger partial charge in [-0.2, -0.15) is 0 Å². The number of ether oxygens (including phenoxy) is 1. The molecule has 100 valence electrons. The van der Waals surface area contributed by atoms with Crippen LogP contribution in [0.4, 0.5) is 16.0 Å². The number of anilines is 2. The quantitative estimate of drug-likeness (QED) is 0.819. The van der Waals surface area contributed by atoms with Crippen molar-refractivity contribution in [3.05, 3.63) is 35.6 Å². The van der Waals surface area contributed by atoms with Crippen molar-refractivity contribution in [3.8, 4) is 5.69 Å². The van der Waals surface area contributed by atoms with Gasteiger partial charge in [0.25, 0.3) is 0 Å². The second-order valence-electron chi connectivity index (χ2n) is 3.71. The van der Waals surface area contributed by atoms with E-state index in [1.165, 1.54) is 19.2 Å². The highest BCUT2D eigenvalue weighted by Crippen LogP contribution is 2.26. The molecule has 0 aliphatic rings. The molecular weight excluding hydrogens is 251 g/mol. The van der Waals surface area contributed by atoms with E-state index in [0.29, 0.717) is 0 Å². The van der Waals surface area contributed by atoms with E-state index in [9.17, 15) is 9.18 Å². The summed E-state index contributed by atoms with van der Waals surface area (Å²) in [6.07, 6.45) is 0. The highest BCUT2D eigenvalue weighted by molar-refractivity contribution is 5.99. The molecule has 6 nitrogen and oxygen atoms in total. The van der Waals surface area contributed by atoms with Crippen LogP contribution in [-0.4, -0.2) is 29.9 Å². The first-order valence-corrected chi connectivity index (χ1v) is 5.49. The van der Waals surface area contributed by atoms with E-state index in [-0.39, 0.29) is 22.9 Å². The lowest BCUT2D eigenvalue weighted by atomic mass is 10.3. The zero-order valence-electron chi connectivity index (χ0n) is 10.5. The number of carbonyl (C=O) groups is 1. The van der Waals surface area contributed by atoms with Crippen LogP contribution in [-0.2, 0) is 4.74 Å². The lowest BCUT2D eigenvalue weighted by molar-refractivity contribution is 0.0603. The number of carbonyl (C=O) groups excluding carboxylic acids is 1. The van der Waals surface area contributed by atoms with Crippen molar-refractivity contribution in [1.29, 1.82) is 0 Å². The average Bonchev–Trinajstić information content (AvgIpc) is 2.75. The van der Waals surface area contributed by atoms with E-state index in [1.54, 1.807) is 19.2 Å². The third-order valence-corrected chi connectivity index (χ3v) is 2.63. The van der Waals surface area contributed by atoms with E-state index in [4.69, 9.17) is 5.73 Å². The standard InChI is InChI=1S/C12H13FN4O2/c1-15-11-9(12(18)19-2)10(14)17(16-11)8-6-4-3-5-7(8)13/h3-6H,14H2,1-2H3,(H,15,16). The minimum Gasteiger partial charge on any atom is -0.465 e. The first-order valence-electron chi connectivity index (χ1n) is 5.49. The maximum absolute atomic E-state index is 13.7. The Labute approximate surface area is 109 Å². The summed E-state index contributed by atoms with van der Waals surface area (Å²) in [7, 11) is 2.82. The second-order valence-corrected chi connectivity index (χ2v) is 3.71. The summed E-state index contributed by atoms with van der Waals surface area (Å²) in [6.45, 7) is 0. The summed E-state index contributed by atoms with van der Waals surface area (Å²) >= 11 is 0. The lowest BCUT2D eigenvalue weighted by Gasteiger charge is -2.05. The van der Waals surface area contributed by atoms with E-state index < -0.39 is 11.8 Å². The number of nitrogens with two attached hydrogens (primary N) is 1. The summed E-state index contributed by atoms with van der Waals surface area (Å²) < 4.78 is 19.5. The van der Waals surface area contributed by atoms with Crippen molar-refractivity contribution < 1.29 is 13.9 Å². The Bertz CT molecular complexity index is 624. The maximum atomic E-state index is 13.7. The molecule has 7 heteroatoms. The van der Waals surface area contributed by atoms with Crippen LogP contribution in [0.3, 0.4) is 0 Å². The summed E-state index contributed by atoms with van der Waals surface area (Å²) in [5.74, 6) is -0.880. The highest BCUT2D eigenvalue weighted by Gasteiger charge is 2.23. The molecule has 2 rings (SSSR count). The van der Waals surface area contributed by atoms with Crippen LogP contribution in [0.15, 0.2) is 24.3 Å². The van der Waals surface area contributed by atoms with E-state index in [2.05, 4.69) is 15.2 Å². The first kappa shape index (κ1) is 12.9.